The van der Waals surface area contributed by atoms with Crippen LogP contribution in [0.3, 0.4) is 0 Å². The first kappa shape index (κ1) is 14.1. The molecule has 0 bridgehead atoms. The molecule has 0 aromatic rings. The van der Waals surface area contributed by atoms with Crippen LogP contribution in [0.4, 0.5) is 0 Å². The standard InChI is InChI=1S/C11H23N3O/c1-5-7-13-11(15)10(3)12-8-9-14(4)6-2/h5,10,12H,1,6-9H2,2-4H3,(H,13,15). The quantitative estimate of drug-likeness (QED) is 0.567. The fourth-order valence-electron chi connectivity index (χ4n) is 1.05. The molecule has 0 aliphatic rings. The van der Waals surface area contributed by atoms with Crippen LogP contribution >= 0.6 is 0 Å². The van der Waals surface area contributed by atoms with E-state index in [0.717, 1.165) is 19.6 Å². The highest BCUT2D eigenvalue weighted by Crippen LogP contribution is 1.83. The average molecular weight is 213 g/mol. The van der Waals surface area contributed by atoms with Crippen LogP contribution in [-0.2, 0) is 4.79 Å². The van der Waals surface area contributed by atoms with Gasteiger partial charge in [0.15, 0.2) is 0 Å². The van der Waals surface area contributed by atoms with E-state index >= 15 is 0 Å². The number of nitrogens with one attached hydrogen (secondary N) is 2. The maximum Gasteiger partial charge on any atom is 0.237 e. The number of rotatable bonds is 8. The van der Waals surface area contributed by atoms with E-state index in [1.54, 1.807) is 6.08 Å². The van der Waals surface area contributed by atoms with Crippen molar-refractivity contribution in [1.29, 1.82) is 0 Å². The van der Waals surface area contributed by atoms with Gasteiger partial charge in [0.05, 0.1) is 6.04 Å². The van der Waals surface area contributed by atoms with Crippen molar-refractivity contribution in [2.75, 3.05) is 33.2 Å². The van der Waals surface area contributed by atoms with Crippen molar-refractivity contribution < 1.29 is 4.79 Å². The molecule has 0 aliphatic heterocycles. The molecule has 2 N–H and O–H groups in total. The summed E-state index contributed by atoms with van der Waals surface area (Å²) in [7, 11) is 2.06. The molecule has 1 atom stereocenters. The van der Waals surface area contributed by atoms with Crippen LogP contribution < -0.4 is 10.6 Å². The van der Waals surface area contributed by atoms with E-state index in [1.165, 1.54) is 0 Å². The summed E-state index contributed by atoms with van der Waals surface area (Å²) in [6, 6.07) is -0.143. The van der Waals surface area contributed by atoms with Gasteiger partial charge in [-0.2, -0.15) is 0 Å². The van der Waals surface area contributed by atoms with Crippen LogP contribution in [0.25, 0.3) is 0 Å². The van der Waals surface area contributed by atoms with Gasteiger partial charge >= 0.3 is 0 Å². The van der Waals surface area contributed by atoms with Crippen molar-refractivity contribution in [3.8, 4) is 0 Å². The van der Waals surface area contributed by atoms with Crippen LogP contribution in [0.2, 0.25) is 0 Å². The monoisotopic (exact) mass is 213 g/mol. The second kappa shape index (κ2) is 8.44. The van der Waals surface area contributed by atoms with Gasteiger partial charge in [-0.05, 0) is 20.5 Å². The number of carbonyl (C=O) groups excluding carboxylic acids is 1. The first-order chi connectivity index (χ1) is 7.11. The predicted octanol–water partition coefficient (Wildman–Crippen LogP) is 0.218. The largest absolute Gasteiger partial charge is 0.351 e. The van der Waals surface area contributed by atoms with Gasteiger partial charge in [-0.1, -0.05) is 13.0 Å². The lowest BCUT2D eigenvalue weighted by Crippen LogP contribution is -2.44. The van der Waals surface area contributed by atoms with E-state index in [4.69, 9.17) is 0 Å². The Hall–Kier alpha value is -0.870. The third-order valence-corrected chi connectivity index (χ3v) is 2.30. The molecule has 0 rings (SSSR count). The highest BCUT2D eigenvalue weighted by Gasteiger charge is 2.10. The average Bonchev–Trinajstić information content (AvgIpc) is 2.25. The SMILES string of the molecule is C=CCNC(=O)C(C)NCCN(C)CC. The normalized spacial score (nSPS) is 12.5. The third kappa shape index (κ3) is 7.11. The highest BCUT2D eigenvalue weighted by molar-refractivity contribution is 5.81. The fraction of sp³-hybridized carbons (Fsp3) is 0.727. The Morgan fingerprint density at radius 2 is 2.27 bits per heavy atom. The van der Waals surface area contributed by atoms with Gasteiger partial charge in [0, 0.05) is 19.6 Å². The highest BCUT2D eigenvalue weighted by atomic mass is 16.2. The number of hydrogen-bond donors (Lipinski definition) is 2. The Morgan fingerprint density at radius 1 is 1.60 bits per heavy atom. The molecule has 4 heteroatoms. The summed E-state index contributed by atoms with van der Waals surface area (Å²) in [5.74, 6) is 0.0223. The van der Waals surface area contributed by atoms with Gasteiger partial charge in [-0.25, -0.2) is 0 Å². The number of nitrogens with zero attached hydrogens (tertiary/aromatic N) is 1. The van der Waals surface area contributed by atoms with E-state index in [9.17, 15) is 4.79 Å². The first-order valence-corrected chi connectivity index (χ1v) is 5.42. The zero-order chi connectivity index (χ0) is 11.7. The molecule has 0 aliphatic carbocycles. The third-order valence-electron chi connectivity index (χ3n) is 2.30. The van der Waals surface area contributed by atoms with Gasteiger partial charge in [-0.15, -0.1) is 6.58 Å². The molecular formula is C11H23N3O. The molecule has 0 radical (unpaired) electrons. The fourth-order valence-corrected chi connectivity index (χ4v) is 1.05. The van der Waals surface area contributed by atoms with Crippen LogP contribution in [-0.4, -0.2) is 50.1 Å². The van der Waals surface area contributed by atoms with Crippen LogP contribution in [0.5, 0.6) is 0 Å². The molecule has 4 nitrogen and oxygen atoms in total. The Kier molecular flexibility index (Phi) is 7.95. The predicted molar refractivity (Wildman–Crippen MR) is 63.8 cm³/mol. The van der Waals surface area contributed by atoms with Crippen molar-refractivity contribution in [3.63, 3.8) is 0 Å². The molecule has 0 spiro atoms. The summed E-state index contributed by atoms with van der Waals surface area (Å²) in [6.45, 7) is 10.9. The molecule has 0 saturated carbocycles. The number of hydrogen-bond acceptors (Lipinski definition) is 3. The maximum atomic E-state index is 11.4. The Balaban J connectivity index is 3.59. The molecule has 1 unspecified atom stereocenters. The number of likely N-dealkylation sites (N-methyl/N-ethyl adjacent to an activating group) is 1. The minimum absolute atomic E-state index is 0.0223. The molecule has 0 aromatic heterocycles. The smallest absolute Gasteiger partial charge is 0.237 e. The van der Waals surface area contributed by atoms with Crippen molar-refractivity contribution >= 4 is 5.91 Å². The Morgan fingerprint density at radius 3 is 2.80 bits per heavy atom. The lowest BCUT2D eigenvalue weighted by Gasteiger charge is -2.17. The van der Waals surface area contributed by atoms with E-state index in [1.807, 2.05) is 6.92 Å². The van der Waals surface area contributed by atoms with Gasteiger partial charge < -0.3 is 15.5 Å². The molecule has 1 amide bonds. The van der Waals surface area contributed by atoms with Crippen LogP contribution in [0, 0.1) is 0 Å². The summed E-state index contributed by atoms with van der Waals surface area (Å²) in [5, 5.41) is 5.92. The first-order valence-electron chi connectivity index (χ1n) is 5.42. The van der Waals surface area contributed by atoms with E-state index in [-0.39, 0.29) is 11.9 Å². The summed E-state index contributed by atoms with van der Waals surface area (Å²) in [4.78, 5) is 13.6. The molecular weight excluding hydrogens is 190 g/mol. The van der Waals surface area contributed by atoms with Crippen molar-refractivity contribution in [2.24, 2.45) is 0 Å². The molecule has 88 valence electrons. The Bertz CT molecular complexity index is 194. The second-order valence-electron chi connectivity index (χ2n) is 3.61. The number of amides is 1. The maximum absolute atomic E-state index is 11.4. The zero-order valence-corrected chi connectivity index (χ0v) is 10.0. The van der Waals surface area contributed by atoms with Gasteiger partial charge in [0.25, 0.3) is 0 Å². The molecule has 0 heterocycles. The van der Waals surface area contributed by atoms with Crippen molar-refractivity contribution in [3.05, 3.63) is 12.7 Å². The van der Waals surface area contributed by atoms with Crippen molar-refractivity contribution in [1.82, 2.24) is 15.5 Å². The topological polar surface area (TPSA) is 44.4 Å². The molecule has 0 saturated heterocycles. The summed E-state index contributed by atoms with van der Waals surface area (Å²) >= 11 is 0. The van der Waals surface area contributed by atoms with E-state index < -0.39 is 0 Å². The summed E-state index contributed by atoms with van der Waals surface area (Å²) in [5.41, 5.74) is 0. The van der Waals surface area contributed by atoms with E-state index in [2.05, 4.69) is 36.1 Å². The zero-order valence-electron chi connectivity index (χ0n) is 10.0. The lowest BCUT2D eigenvalue weighted by molar-refractivity contribution is -0.122. The summed E-state index contributed by atoms with van der Waals surface area (Å²) in [6.07, 6.45) is 1.68. The minimum atomic E-state index is -0.143. The van der Waals surface area contributed by atoms with Crippen LogP contribution in [0.15, 0.2) is 12.7 Å². The second-order valence-corrected chi connectivity index (χ2v) is 3.61. The van der Waals surface area contributed by atoms with Crippen molar-refractivity contribution in [2.45, 2.75) is 19.9 Å². The lowest BCUT2D eigenvalue weighted by atomic mass is 10.3. The number of carbonyl (C=O) groups is 1. The van der Waals surface area contributed by atoms with E-state index in [0.29, 0.717) is 6.54 Å². The molecule has 15 heavy (non-hydrogen) atoms. The molecule has 0 aromatic carbocycles. The van der Waals surface area contributed by atoms with Crippen LogP contribution in [0.1, 0.15) is 13.8 Å². The minimum Gasteiger partial charge on any atom is -0.351 e. The van der Waals surface area contributed by atoms with Gasteiger partial charge in [0.1, 0.15) is 0 Å². The molecule has 0 fully saturated rings. The summed E-state index contributed by atoms with van der Waals surface area (Å²) < 4.78 is 0. The van der Waals surface area contributed by atoms with Gasteiger partial charge in [0.2, 0.25) is 5.91 Å². The Labute approximate surface area is 92.7 Å². The van der Waals surface area contributed by atoms with Gasteiger partial charge in [-0.3, -0.25) is 4.79 Å².